The summed E-state index contributed by atoms with van der Waals surface area (Å²) in [5, 5.41) is 54.3. The lowest BCUT2D eigenvalue weighted by atomic mass is 10.3. The second-order valence-corrected chi connectivity index (χ2v) is 12.6. The molecule has 0 aliphatic rings. The molecule has 30 heteroatoms. The van der Waals surface area contributed by atoms with E-state index in [4.69, 9.17) is 33.9 Å². The van der Waals surface area contributed by atoms with Gasteiger partial charge >= 0.3 is 36.8 Å². The van der Waals surface area contributed by atoms with Crippen LogP contribution in [0.2, 0.25) is 0 Å². The highest BCUT2D eigenvalue weighted by Crippen LogP contribution is 2.29. The SMILES string of the molecule is CCOCC(O)COCC(F)(F)OC(F)(F)COCOCCOCC(O)CCO.OCCC(O)COCCOCOCC(F)(F)OC(F)(F)COCC(O)COCC(F)(F)C(F)F. The number of ether oxygens (including phenoxy) is 12. The molecule has 0 fully saturated rings. The van der Waals surface area contributed by atoms with Crippen molar-refractivity contribution in [2.45, 2.75) is 81.0 Å². The normalized spacial score (nSPS) is 15.0. The van der Waals surface area contributed by atoms with Crippen LogP contribution in [0, 0.1) is 0 Å². The maximum Gasteiger partial charge on any atom is 0.383 e. The molecule has 0 amide bonds. The molecule has 0 aliphatic heterocycles. The molecule has 18 nitrogen and oxygen atoms in total. The van der Waals surface area contributed by atoms with Gasteiger partial charge in [-0.3, -0.25) is 9.47 Å². The smallest absolute Gasteiger partial charge is 0.383 e. The largest absolute Gasteiger partial charge is 0.396 e. The molecule has 0 rings (SSSR count). The molecule has 382 valence electrons. The molecule has 4 unspecified atom stereocenters. The second kappa shape index (κ2) is 35.6. The Hall–Kier alpha value is -1.56. The predicted molar refractivity (Wildman–Crippen MR) is 184 cm³/mol. The number of hydrogen-bond donors (Lipinski definition) is 6. The zero-order valence-electron chi connectivity index (χ0n) is 34.1. The Bertz CT molecular complexity index is 1070. The number of rotatable bonds is 42. The first-order valence-electron chi connectivity index (χ1n) is 18.6. The number of aliphatic hydroxyl groups is 6. The van der Waals surface area contributed by atoms with E-state index in [1.165, 1.54) is 0 Å². The van der Waals surface area contributed by atoms with E-state index in [-0.39, 0.29) is 72.3 Å². The van der Waals surface area contributed by atoms with Crippen LogP contribution >= 0.6 is 0 Å². The first-order valence-corrected chi connectivity index (χ1v) is 18.6. The maximum atomic E-state index is 13.4. The third-order valence-electron chi connectivity index (χ3n) is 6.36. The minimum Gasteiger partial charge on any atom is -0.396 e. The van der Waals surface area contributed by atoms with Gasteiger partial charge in [0.2, 0.25) is 0 Å². The van der Waals surface area contributed by atoms with Crippen molar-refractivity contribution in [3.05, 3.63) is 0 Å². The molecule has 0 spiro atoms. The van der Waals surface area contributed by atoms with Gasteiger partial charge in [-0.05, 0) is 19.8 Å². The summed E-state index contributed by atoms with van der Waals surface area (Å²) in [7, 11) is 0. The zero-order valence-corrected chi connectivity index (χ0v) is 34.1. The number of halogens is 12. The Morgan fingerprint density at radius 2 is 0.698 bits per heavy atom. The lowest BCUT2D eigenvalue weighted by Crippen LogP contribution is -2.40. The van der Waals surface area contributed by atoms with E-state index in [0.717, 1.165) is 0 Å². The van der Waals surface area contributed by atoms with E-state index in [2.05, 4.69) is 33.2 Å². The standard InChI is InChI=1S/C17H28F8O9.C16H30F4O9/c18-14(19)15(20,21)8-31-6-13(28)7-32-9-16(22,23)34-17(24,25)10-33-11-30-4-3-29-5-12(27)1-2-26;1-2-24-8-14(23)9-27-10-15(17,18)29-16(19,20)11-28-12-26-6-5-25-7-13(22)3-4-21/h12-14,26-28H,1-11H2;13-14,21-23H,2-12H2,1H3. The van der Waals surface area contributed by atoms with Gasteiger partial charge in [0.25, 0.3) is 0 Å². The molecular formula is C33H58F12O18. The summed E-state index contributed by atoms with van der Waals surface area (Å²) in [5.41, 5.74) is 0. The minimum atomic E-state index is -4.54. The van der Waals surface area contributed by atoms with Crippen molar-refractivity contribution in [3.63, 3.8) is 0 Å². The van der Waals surface area contributed by atoms with Gasteiger partial charge in [0.05, 0.1) is 78.3 Å². The summed E-state index contributed by atoms with van der Waals surface area (Å²) in [6, 6.07) is 0. The average molecular weight is 971 g/mol. The highest BCUT2D eigenvalue weighted by atomic mass is 19.3. The van der Waals surface area contributed by atoms with E-state index in [0.29, 0.717) is 6.61 Å². The van der Waals surface area contributed by atoms with Gasteiger partial charge in [0.15, 0.2) is 0 Å². The van der Waals surface area contributed by atoms with Crippen molar-refractivity contribution in [1.82, 2.24) is 0 Å². The summed E-state index contributed by atoms with van der Waals surface area (Å²) < 4.78 is 209. The Morgan fingerprint density at radius 1 is 0.397 bits per heavy atom. The summed E-state index contributed by atoms with van der Waals surface area (Å²) in [4.78, 5) is 0. The molecule has 0 aromatic heterocycles. The molecule has 0 heterocycles. The minimum absolute atomic E-state index is 0.0311. The molecule has 0 bridgehead atoms. The van der Waals surface area contributed by atoms with Crippen molar-refractivity contribution in [2.75, 3.05) is 133 Å². The topological polar surface area (TPSA) is 232 Å². The quantitative estimate of drug-likeness (QED) is 0.0290. The maximum absolute atomic E-state index is 13.4. The van der Waals surface area contributed by atoms with Crippen LogP contribution in [0.3, 0.4) is 0 Å². The van der Waals surface area contributed by atoms with Crippen LogP contribution in [0.5, 0.6) is 0 Å². The van der Waals surface area contributed by atoms with Gasteiger partial charge in [-0.2, -0.15) is 43.9 Å². The van der Waals surface area contributed by atoms with Crippen molar-refractivity contribution in [3.8, 4) is 0 Å². The second-order valence-electron chi connectivity index (χ2n) is 12.6. The Labute approximate surface area is 354 Å². The molecule has 4 atom stereocenters. The molecule has 0 aromatic carbocycles. The first kappa shape index (κ1) is 63.5. The summed E-state index contributed by atoms with van der Waals surface area (Å²) in [5.74, 6) is -4.47. The van der Waals surface area contributed by atoms with E-state index in [9.17, 15) is 73.1 Å². The van der Waals surface area contributed by atoms with Crippen molar-refractivity contribution in [2.24, 2.45) is 0 Å². The molecule has 0 aromatic rings. The van der Waals surface area contributed by atoms with Crippen LogP contribution in [0.25, 0.3) is 0 Å². The van der Waals surface area contributed by atoms with E-state index in [1.54, 1.807) is 6.92 Å². The van der Waals surface area contributed by atoms with E-state index >= 15 is 0 Å². The number of aliphatic hydroxyl groups excluding tert-OH is 6. The van der Waals surface area contributed by atoms with Crippen LogP contribution in [-0.4, -0.2) is 224 Å². The average Bonchev–Trinajstić information content (AvgIpc) is 3.15. The van der Waals surface area contributed by atoms with Crippen LogP contribution in [0.1, 0.15) is 19.8 Å². The molecule has 0 saturated carbocycles. The van der Waals surface area contributed by atoms with Crippen molar-refractivity contribution >= 4 is 0 Å². The third-order valence-corrected chi connectivity index (χ3v) is 6.36. The summed E-state index contributed by atoms with van der Waals surface area (Å²) in [6.45, 7) is -10.8. The Balaban J connectivity index is 0. The fraction of sp³-hybridized carbons (Fsp3) is 1.00. The molecule has 63 heavy (non-hydrogen) atoms. The fourth-order valence-electron chi connectivity index (χ4n) is 3.62. The first-order chi connectivity index (χ1) is 29.3. The van der Waals surface area contributed by atoms with E-state index < -0.39 is 128 Å². The van der Waals surface area contributed by atoms with Crippen molar-refractivity contribution in [1.29, 1.82) is 0 Å². The number of hydrogen-bond acceptors (Lipinski definition) is 18. The zero-order chi connectivity index (χ0) is 48.4. The van der Waals surface area contributed by atoms with Gasteiger partial charge < -0.3 is 78.0 Å². The van der Waals surface area contributed by atoms with Gasteiger partial charge in [0.1, 0.15) is 58.8 Å². The highest BCUT2D eigenvalue weighted by Gasteiger charge is 2.46. The van der Waals surface area contributed by atoms with Crippen LogP contribution in [0.15, 0.2) is 0 Å². The molecular weight excluding hydrogens is 912 g/mol. The molecule has 0 aliphatic carbocycles. The molecule has 0 saturated heterocycles. The van der Waals surface area contributed by atoms with Crippen LogP contribution in [-0.2, 0) is 56.8 Å². The van der Waals surface area contributed by atoms with Gasteiger partial charge in [0, 0.05) is 19.8 Å². The predicted octanol–water partition coefficient (Wildman–Crippen LogP) is 1.59. The van der Waals surface area contributed by atoms with Gasteiger partial charge in [-0.15, -0.1) is 0 Å². The van der Waals surface area contributed by atoms with Crippen molar-refractivity contribution < 1.29 is 140 Å². The lowest BCUT2D eigenvalue weighted by Gasteiger charge is -2.24. The number of alkyl halides is 12. The lowest BCUT2D eigenvalue weighted by molar-refractivity contribution is -0.397. The van der Waals surface area contributed by atoms with Gasteiger partial charge in [-0.25, -0.2) is 8.78 Å². The monoisotopic (exact) mass is 970 g/mol. The Morgan fingerprint density at radius 3 is 1.03 bits per heavy atom. The molecule has 6 N–H and O–H groups in total. The highest BCUT2D eigenvalue weighted by molar-refractivity contribution is 4.68. The Kier molecular flexibility index (Phi) is 35.9. The van der Waals surface area contributed by atoms with Gasteiger partial charge in [-0.1, -0.05) is 0 Å². The van der Waals surface area contributed by atoms with Crippen LogP contribution < -0.4 is 0 Å². The summed E-state index contributed by atoms with van der Waals surface area (Å²) >= 11 is 0. The third kappa shape index (κ3) is 40.4. The van der Waals surface area contributed by atoms with E-state index in [1.807, 2.05) is 0 Å². The summed E-state index contributed by atoms with van der Waals surface area (Å²) in [6.07, 6.45) is -26.0. The fourth-order valence-corrected chi connectivity index (χ4v) is 3.62. The van der Waals surface area contributed by atoms with Crippen LogP contribution in [0.4, 0.5) is 52.7 Å². The molecule has 0 radical (unpaired) electrons.